The van der Waals surface area contributed by atoms with Crippen LogP contribution in [0.5, 0.6) is 0 Å². The molecule has 3 nitrogen and oxygen atoms in total. The van der Waals surface area contributed by atoms with E-state index in [1.165, 1.54) is 26.9 Å². The van der Waals surface area contributed by atoms with Crippen LogP contribution in [0.4, 0.5) is 4.39 Å². The van der Waals surface area contributed by atoms with E-state index in [0.29, 0.717) is 16.8 Å². The van der Waals surface area contributed by atoms with Crippen LogP contribution >= 0.6 is 0 Å². The molecule has 52 heavy (non-hydrogen) atoms. The Kier molecular flexibility index (Phi) is 10.6. The number of aryl methyl sites for hydroxylation is 1. The second kappa shape index (κ2) is 15.5. The van der Waals surface area contributed by atoms with Gasteiger partial charge in [-0.1, -0.05) is 80.9 Å². The molecule has 0 amide bonds. The molecule has 0 saturated carbocycles. The normalized spacial score (nSPS) is 13.1. The van der Waals surface area contributed by atoms with Gasteiger partial charge in [-0.25, -0.2) is 0 Å². The molecule has 1 radical (unpaired) electrons. The summed E-state index contributed by atoms with van der Waals surface area (Å²) < 4.78 is 45.1. The maximum atomic E-state index is 12.8. The minimum Gasteiger partial charge on any atom is -0.0656 e. The summed E-state index contributed by atoms with van der Waals surface area (Å²) >= 11 is -1.98. The number of hydrogen-bond acceptors (Lipinski definition) is 3. The number of benzene rings is 4. The summed E-state index contributed by atoms with van der Waals surface area (Å²) in [5.74, 6) is 6.84. The van der Waals surface area contributed by atoms with Gasteiger partial charge in [0.05, 0.1) is 16.1 Å². The average Bonchev–Trinajstić information content (AvgIpc) is 3.48. The van der Waals surface area contributed by atoms with Gasteiger partial charge < -0.3 is 4.98 Å². The summed E-state index contributed by atoms with van der Waals surface area (Å²) in [6.45, 7) is 11.5. The Hall–Kier alpha value is -3.46. The van der Waals surface area contributed by atoms with Gasteiger partial charge in [0.2, 0.25) is 0 Å². The number of halogens is 1. The molecular formula is C44H47FGeIrN2OSi2-2. The molecule has 0 saturated heterocycles. The SMILES string of the molecule is C[Si](C)(C)c1ccc(-c2[c-]cc(F)cc2)nc1.[2H]C([2H])([2H])c1cc(-c2[c-]cc3oc4c[c]([Ge]([CH3])([CH3])[CH3])ccc4c3c2)ncc1-c1ccc([Si](C)(C)C)cc1.[Ir]. The van der Waals surface area contributed by atoms with Gasteiger partial charge in [0.25, 0.3) is 0 Å². The van der Waals surface area contributed by atoms with Gasteiger partial charge in [0.1, 0.15) is 0 Å². The topological polar surface area (TPSA) is 38.9 Å². The van der Waals surface area contributed by atoms with Crippen molar-refractivity contribution in [3.05, 3.63) is 127 Å². The molecule has 0 N–H and O–H groups in total. The molecule has 0 aliphatic heterocycles. The van der Waals surface area contributed by atoms with Gasteiger partial charge in [-0.2, -0.15) is 0 Å². The summed E-state index contributed by atoms with van der Waals surface area (Å²) in [6.07, 6.45) is 3.62. The molecule has 0 bridgehead atoms. The number of hydrogen-bond donors (Lipinski definition) is 0. The zero-order valence-electron chi connectivity index (χ0n) is 34.3. The molecule has 4 aromatic carbocycles. The number of fused-ring (bicyclic) bond motifs is 3. The van der Waals surface area contributed by atoms with Crippen molar-refractivity contribution in [2.75, 3.05) is 0 Å². The van der Waals surface area contributed by atoms with Crippen LogP contribution in [0.15, 0.2) is 108 Å². The number of rotatable bonds is 6. The molecule has 0 unspecified atom stereocenters. The van der Waals surface area contributed by atoms with E-state index in [9.17, 15) is 4.39 Å². The summed E-state index contributed by atoms with van der Waals surface area (Å²) in [5.41, 5.74) is 6.46. The van der Waals surface area contributed by atoms with Crippen LogP contribution in [0, 0.1) is 24.8 Å². The van der Waals surface area contributed by atoms with Crippen molar-refractivity contribution >= 4 is 66.1 Å². The van der Waals surface area contributed by atoms with Gasteiger partial charge in [0, 0.05) is 32.1 Å². The fourth-order valence-corrected chi connectivity index (χ4v) is 10.5. The summed E-state index contributed by atoms with van der Waals surface area (Å²) in [6, 6.07) is 35.1. The van der Waals surface area contributed by atoms with E-state index in [0.717, 1.165) is 44.3 Å². The van der Waals surface area contributed by atoms with E-state index < -0.39 is 36.3 Å². The Morgan fingerprint density at radius 1 is 0.673 bits per heavy atom. The Morgan fingerprint density at radius 2 is 1.35 bits per heavy atom. The van der Waals surface area contributed by atoms with Crippen molar-refractivity contribution in [1.82, 2.24) is 9.97 Å². The van der Waals surface area contributed by atoms with Crippen molar-refractivity contribution < 1.29 is 33.0 Å². The molecule has 0 aliphatic carbocycles. The minimum atomic E-state index is -2.27. The third-order valence-corrected chi connectivity index (χ3v) is 17.6. The second-order valence-corrected chi connectivity index (χ2v) is 37.0. The summed E-state index contributed by atoms with van der Waals surface area (Å²) in [4.78, 5) is 9.12. The first-order valence-electron chi connectivity index (χ1n) is 18.8. The Labute approximate surface area is 331 Å². The third kappa shape index (κ3) is 9.00. The van der Waals surface area contributed by atoms with E-state index >= 15 is 0 Å². The number of aromatic nitrogens is 2. The molecule has 7 aromatic rings. The molecule has 7 rings (SSSR count). The van der Waals surface area contributed by atoms with Crippen LogP contribution in [-0.2, 0) is 20.1 Å². The number of nitrogens with zero attached hydrogens (tertiary/aromatic N) is 2. The molecule has 0 aliphatic rings. The van der Waals surface area contributed by atoms with Crippen molar-refractivity contribution in [3.8, 4) is 33.6 Å². The third-order valence-electron chi connectivity index (χ3n) is 9.19. The summed E-state index contributed by atoms with van der Waals surface area (Å²) in [5, 5.41) is 4.70. The van der Waals surface area contributed by atoms with Crippen LogP contribution in [-0.4, -0.2) is 39.4 Å². The van der Waals surface area contributed by atoms with Crippen LogP contribution in [0.25, 0.3) is 55.6 Å². The molecule has 0 atom stereocenters. The van der Waals surface area contributed by atoms with Gasteiger partial charge >= 0.3 is 154 Å². The fraction of sp³-hybridized carbons (Fsp3) is 0.227. The van der Waals surface area contributed by atoms with Crippen LogP contribution < -0.4 is 14.8 Å². The number of furan rings is 1. The van der Waals surface area contributed by atoms with Crippen molar-refractivity contribution in [3.63, 3.8) is 0 Å². The predicted molar refractivity (Wildman–Crippen MR) is 223 cm³/mol. The zero-order chi connectivity index (χ0) is 39.2. The smallest absolute Gasteiger partial charge is 0.0656 e. The molecular weight excluding hydrogens is 912 g/mol. The molecule has 0 fully saturated rings. The van der Waals surface area contributed by atoms with E-state index in [4.69, 9.17) is 13.5 Å². The molecule has 3 heterocycles. The molecule has 3 aromatic heterocycles. The van der Waals surface area contributed by atoms with Gasteiger partial charge in [-0.05, 0) is 10.9 Å². The average molecular weight is 963 g/mol. The van der Waals surface area contributed by atoms with Gasteiger partial charge in [-0.3, -0.25) is 4.39 Å². The Balaban J connectivity index is 0.000000271. The van der Waals surface area contributed by atoms with Gasteiger partial charge in [-0.15, -0.1) is 29.8 Å². The van der Waals surface area contributed by atoms with Crippen molar-refractivity contribution in [1.29, 1.82) is 0 Å². The minimum absolute atomic E-state index is 0. The van der Waals surface area contributed by atoms with Crippen molar-refractivity contribution in [2.24, 2.45) is 0 Å². The van der Waals surface area contributed by atoms with E-state index in [1.807, 2.05) is 36.5 Å². The predicted octanol–water partition coefficient (Wildman–Crippen LogP) is 10.7. The van der Waals surface area contributed by atoms with Crippen molar-refractivity contribution in [2.45, 2.75) is 63.4 Å². The molecule has 8 heteroatoms. The first-order chi connectivity index (χ1) is 25.2. The standard InChI is InChI=1S/C30H32GeNOSi.C14H15FNSi.Ir/c1-20-16-28(32-19-27(20)21-8-12-24(13-9-21)34(5,6)7)22-10-15-29-26(17-22)25-14-11-23(31(2,3)4)18-30(25)33-29;1-17(2,3)13-8-9-14(16-10-13)11-4-6-12(15)7-5-11;/h8-9,11-19H,1-7H3;4,6-10H,1-3H3;/q2*-1;/i1D3;;. The first kappa shape index (κ1) is 35.6. The fourth-order valence-electron chi connectivity index (χ4n) is 5.88. The Bertz CT molecular complexity index is 2430. The van der Waals surface area contributed by atoms with Crippen LogP contribution in [0.2, 0.25) is 56.6 Å². The van der Waals surface area contributed by atoms with E-state index in [2.05, 4.69) is 110 Å². The molecule has 269 valence electrons. The quantitative estimate of drug-likeness (QED) is 0.123. The first-order valence-corrected chi connectivity index (χ1v) is 31.7. The zero-order valence-corrected chi connectivity index (χ0v) is 37.8. The van der Waals surface area contributed by atoms with Crippen LogP contribution in [0.3, 0.4) is 0 Å². The van der Waals surface area contributed by atoms with E-state index in [-0.39, 0.29) is 25.9 Å². The number of pyridine rings is 2. The summed E-state index contributed by atoms with van der Waals surface area (Å²) in [7, 11) is -2.74. The monoisotopic (exact) mass is 964 g/mol. The van der Waals surface area contributed by atoms with Gasteiger partial charge in [0.15, 0.2) is 0 Å². The van der Waals surface area contributed by atoms with Crippen LogP contribution in [0.1, 0.15) is 9.68 Å². The Morgan fingerprint density at radius 3 is 1.94 bits per heavy atom. The maximum absolute atomic E-state index is 12.8. The second-order valence-electron chi connectivity index (χ2n) is 16.2. The molecule has 0 spiro atoms. The van der Waals surface area contributed by atoms with E-state index in [1.54, 1.807) is 18.3 Å².